The van der Waals surface area contributed by atoms with E-state index in [4.69, 9.17) is 5.11 Å². The zero-order valence-electron chi connectivity index (χ0n) is 6.78. The monoisotopic (exact) mass is 215 g/mol. The van der Waals surface area contributed by atoms with Crippen molar-refractivity contribution in [3.8, 4) is 0 Å². The number of aromatic nitrogens is 2. The molecule has 0 spiro atoms. The molecule has 14 heavy (non-hydrogen) atoms. The SMILES string of the molecule is O=C(O)CSc1ncc([N+](=O)[O-])cn1. The highest BCUT2D eigenvalue weighted by Crippen LogP contribution is 2.14. The van der Waals surface area contributed by atoms with Gasteiger partial charge in [0.2, 0.25) is 0 Å². The maximum atomic E-state index is 10.2. The Hall–Kier alpha value is -1.70. The molecule has 0 aliphatic rings. The molecule has 1 aromatic heterocycles. The summed E-state index contributed by atoms with van der Waals surface area (Å²) in [4.78, 5) is 27.0. The third-order valence-electron chi connectivity index (χ3n) is 1.15. The van der Waals surface area contributed by atoms with Crippen molar-refractivity contribution in [2.45, 2.75) is 5.16 Å². The van der Waals surface area contributed by atoms with Gasteiger partial charge in [-0.05, 0) is 0 Å². The molecule has 0 saturated heterocycles. The molecule has 0 aromatic carbocycles. The quantitative estimate of drug-likeness (QED) is 0.338. The minimum Gasteiger partial charge on any atom is -0.481 e. The predicted molar refractivity (Wildman–Crippen MR) is 47.0 cm³/mol. The molecule has 0 unspecified atom stereocenters. The number of rotatable bonds is 4. The van der Waals surface area contributed by atoms with Crippen molar-refractivity contribution in [1.29, 1.82) is 0 Å². The number of hydrogen-bond donors (Lipinski definition) is 1. The molecule has 1 heterocycles. The van der Waals surface area contributed by atoms with Gasteiger partial charge in [0.1, 0.15) is 12.4 Å². The Morgan fingerprint density at radius 1 is 1.57 bits per heavy atom. The number of nitro groups is 1. The number of nitrogens with zero attached hydrogens (tertiary/aromatic N) is 3. The Labute approximate surface area is 82.3 Å². The second kappa shape index (κ2) is 4.51. The van der Waals surface area contributed by atoms with Crippen molar-refractivity contribution in [1.82, 2.24) is 9.97 Å². The summed E-state index contributed by atoms with van der Waals surface area (Å²) >= 11 is 0.905. The third-order valence-corrected chi connectivity index (χ3v) is 2.01. The normalized spacial score (nSPS) is 9.71. The number of hydrogen-bond acceptors (Lipinski definition) is 6. The molecule has 0 amide bonds. The van der Waals surface area contributed by atoms with Crippen LogP contribution in [-0.2, 0) is 4.79 Å². The predicted octanol–water partition coefficient (Wildman–Crippen LogP) is 0.561. The average Bonchev–Trinajstić information content (AvgIpc) is 2.15. The van der Waals surface area contributed by atoms with Crippen LogP contribution in [0.2, 0.25) is 0 Å². The fourth-order valence-electron chi connectivity index (χ4n) is 0.604. The first-order valence-electron chi connectivity index (χ1n) is 3.40. The van der Waals surface area contributed by atoms with Crippen molar-refractivity contribution in [2.24, 2.45) is 0 Å². The van der Waals surface area contributed by atoms with E-state index in [1.165, 1.54) is 0 Å². The van der Waals surface area contributed by atoms with Crippen LogP contribution in [0.15, 0.2) is 17.6 Å². The van der Waals surface area contributed by atoms with Gasteiger partial charge >= 0.3 is 11.7 Å². The Bertz CT molecular complexity index is 353. The van der Waals surface area contributed by atoms with E-state index in [1.54, 1.807) is 0 Å². The van der Waals surface area contributed by atoms with Gasteiger partial charge in [-0.3, -0.25) is 14.9 Å². The summed E-state index contributed by atoms with van der Waals surface area (Å²) in [6.45, 7) is 0. The Morgan fingerprint density at radius 3 is 2.57 bits per heavy atom. The fourth-order valence-corrected chi connectivity index (χ4v) is 1.11. The van der Waals surface area contributed by atoms with Crippen LogP contribution in [0.25, 0.3) is 0 Å². The molecule has 0 fully saturated rings. The van der Waals surface area contributed by atoms with Crippen LogP contribution in [0.3, 0.4) is 0 Å². The molecule has 0 aliphatic heterocycles. The van der Waals surface area contributed by atoms with Gasteiger partial charge in [0.15, 0.2) is 5.16 Å². The number of carboxylic acid groups (broad SMARTS) is 1. The van der Waals surface area contributed by atoms with E-state index in [2.05, 4.69) is 9.97 Å². The molecule has 1 aromatic rings. The molecule has 74 valence electrons. The highest BCUT2D eigenvalue weighted by atomic mass is 32.2. The van der Waals surface area contributed by atoms with E-state index in [-0.39, 0.29) is 16.6 Å². The van der Waals surface area contributed by atoms with E-state index >= 15 is 0 Å². The summed E-state index contributed by atoms with van der Waals surface area (Å²) in [7, 11) is 0. The number of thioether (sulfide) groups is 1. The van der Waals surface area contributed by atoms with Crippen LogP contribution in [0.4, 0.5) is 5.69 Å². The molecule has 0 bridgehead atoms. The maximum absolute atomic E-state index is 10.2. The van der Waals surface area contributed by atoms with Gasteiger partial charge in [-0.15, -0.1) is 0 Å². The number of aliphatic carboxylic acids is 1. The second-order valence-electron chi connectivity index (χ2n) is 2.16. The molecule has 1 rings (SSSR count). The van der Waals surface area contributed by atoms with Crippen molar-refractivity contribution >= 4 is 23.4 Å². The summed E-state index contributed by atoms with van der Waals surface area (Å²) in [5.74, 6) is -1.16. The molecule has 1 N–H and O–H groups in total. The minimum atomic E-state index is -0.989. The van der Waals surface area contributed by atoms with Crippen LogP contribution in [0.5, 0.6) is 0 Å². The lowest BCUT2D eigenvalue weighted by molar-refractivity contribution is -0.385. The fraction of sp³-hybridized carbons (Fsp3) is 0.167. The largest absolute Gasteiger partial charge is 0.481 e. The van der Waals surface area contributed by atoms with Gasteiger partial charge in [0.05, 0.1) is 10.7 Å². The zero-order valence-corrected chi connectivity index (χ0v) is 7.60. The lowest BCUT2D eigenvalue weighted by atomic mass is 10.6. The van der Waals surface area contributed by atoms with Crippen LogP contribution in [0, 0.1) is 10.1 Å². The highest BCUT2D eigenvalue weighted by Gasteiger charge is 2.07. The van der Waals surface area contributed by atoms with E-state index in [0.717, 1.165) is 24.2 Å². The number of carboxylic acids is 1. The second-order valence-corrected chi connectivity index (χ2v) is 3.11. The lowest BCUT2D eigenvalue weighted by Crippen LogP contribution is -1.99. The van der Waals surface area contributed by atoms with E-state index in [9.17, 15) is 14.9 Å². The molecule has 0 atom stereocenters. The van der Waals surface area contributed by atoms with Crippen LogP contribution in [0.1, 0.15) is 0 Å². The molecule has 7 nitrogen and oxygen atoms in total. The van der Waals surface area contributed by atoms with Gasteiger partial charge in [-0.1, -0.05) is 11.8 Å². The van der Waals surface area contributed by atoms with Gasteiger partial charge in [0, 0.05) is 0 Å². The molecule has 0 saturated carbocycles. The van der Waals surface area contributed by atoms with Crippen molar-refractivity contribution in [3.05, 3.63) is 22.5 Å². The van der Waals surface area contributed by atoms with Crippen LogP contribution in [-0.4, -0.2) is 31.7 Å². The third kappa shape index (κ3) is 2.98. The highest BCUT2D eigenvalue weighted by molar-refractivity contribution is 7.99. The number of carbonyl (C=O) groups is 1. The first kappa shape index (κ1) is 10.4. The molecular weight excluding hydrogens is 210 g/mol. The van der Waals surface area contributed by atoms with E-state index in [1.807, 2.05) is 0 Å². The van der Waals surface area contributed by atoms with Crippen molar-refractivity contribution < 1.29 is 14.8 Å². The smallest absolute Gasteiger partial charge is 0.313 e. The van der Waals surface area contributed by atoms with Crippen LogP contribution >= 0.6 is 11.8 Å². The Kier molecular flexibility index (Phi) is 3.35. The van der Waals surface area contributed by atoms with Gasteiger partial charge in [0.25, 0.3) is 0 Å². The van der Waals surface area contributed by atoms with Gasteiger partial charge < -0.3 is 5.11 Å². The standard InChI is InChI=1S/C6H5N3O4S/c10-5(11)3-14-6-7-1-4(2-8-6)9(12)13/h1-2H,3H2,(H,10,11). The Balaban J connectivity index is 2.64. The van der Waals surface area contributed by atoms with E-state index in [0.29, 0.717) is 0 Å². The summed E-state index contributed by atoms with van der Waals surface area (Å²) in [5.41, 5.74) is -0.218. The zero-order chi connectivity index (χ0) is 10.6. The Morgan fingerprint density at radius 2 is 2.14 bits per heavy atom. The van der Waals surface area contributed by atoms with Gasteiger partial charge in [-0.25, -0.2) is 9.97 Å². The van der Waals surface area contributed by atoms with Crippen LogP contribution < -0.4 is 0 Å². The summed E-state index contributed by atoms with van der Waals surface area (Å²) in [6, 6.07) is 0. The molecule has 0 radical (unpaired) electrons. The van der Waals surface area contributed by atoms with Crippen molar-refractivity contribution in [2.75, 3.05) is 5.75 Å². The first-order chi connectivity index (χ1) is 6.59. The minimum absolute atomic E-state index is 0.169. The summed E-state index contributed by atoms with van der Waals surface area (Å²) in [6.07, 6.45) is 2.08. The molecule has 0 aliphatic carbocycles. The first-order valence-corrected chi connectivity index (χ1v) is 4.39. The average molecular weight is 215 g/mol. The topological polar surface area (TPSA) is 106 Å². The van der Waals surface area contributed by atoms with E-state index < -0.39 is 10.9 Å². The lowest BCUT2D eigenvalue weighted by Gasteiger charge is -1.94. The van der Waals surface area contributed by atoms with Crippen molar-refractivity contribution in [3.63, 3.8) is 0 Å². The summed E-state index contributed by atoms with van der Waals surface area (Å²) in [5, 5.41) is 18.7. The van der Waals surface area contributed by atoms with Gasteiger partial charge in [-0.2, -0.15) is 0 Å². The summed E-state index contributed by atoms with van der Waals surface area (Å²) < 4.78 is 0. The molecular formula is C6H5N3O4S. The maximum Gasteiger partial charge on any atom is 0.313 e. The molecule has 8 heteroatoms.